The molecule has 1 N–H and O–H groups in total. The van der Waals surface area contributed by atoms with E-state index >= 15 is 0 Å². The van der Waals surface area contributed by atoms with Gasteiger partial charge in [0.05, 0.1) is 12.8 Å². The summed E-state index contributed by atoms with van der Waals surface area (Å²) in [5, 5.41) is 8.93. The molecule has 1 aromatic rings. The Bertz CT molecular complexity index is 367. The molecule has 4 nitrogen and oxygen atoms in total. The van der Waals surface area contributed by atoms with Gasteiger partial charge < -0.3 is 9.84 Å². The molecule has 0 radical (unpaired) electrons. The standard InChI is InChI=1S/C14H24N2O2/c1-11(2)16(6-5-7-17)10-13-9-14(18-4)8-12(3)15-13/h8-9,11,17H,5-7,10H2,1-4H3. The number of aliphatic hydroxyl groups excluding tert-OH is 1. The first-order chi connectivity index (χ1) is 8.56. The summed E-state index contributed by atoms with van der Waals surface area (Å²) in [5.41, 5.74) is 1.98. The zero-order valence-electron chi connectivity index (χ0n) is 11.8. The van der Waals surface area contributed by atoms with Crippen molar-refractivity contribution in [2.24, 2.45) is 0 Å². The third kappa shape index (κ3) is 4.63. The molecule has 18 heavy (non-hydrogen) atoms. The number of nitrogens with zero attached hydrogens (tertiary/aromatic N) is 2. The molecule has 0 fully saturated rings. The van der Waals surface area contributed by atoms with Gasteiger partial charge in [-0.05, 0) is 27.2 Å². The molecule has 1 aromatic heterocycles. The molecular formula is C14H24N2O2. The van der Waals surface area contributed by atoms with Crippen molar-refractivity contribution in [2.45, 2.75) is 39.8 Å². The van der Waals surface area contributed by atoms with E-state index in [-0.39, 0.29) is 6.61 Å². The molecule has 0 atom stereocenters. The molecule has 102 valence electrons. The SMILES string of the molecule is COc1cc(C)nc(CN(CCCO)C(C)C)c1. The zero-order chi connectivity index (χ0) is 13.5. The fraction of sp³-hybridized carbons (Fsp3) is 0.643. The van der Waals surface area contributed by atoms with Gasteiger partial charge in [-0.3, -0.25) is 9.88 Å². The van der Waals surface area contributed by atoms with Crippen LogP contribution in [0.1, 0.15) is 31.7 Å². The maximum atomic E-state index is 8.93. The lowest BCUT2D eigenvalue weighted by Crippen LogP contribution is -2.32. The molecule has 0 aromatic carbocycles. The topological polar surface area (TPSA) is 45.6 Å². The van der Waals surface area contributed by atoms with Crippen LogP contribution in [0.5, 0.6) is 5.75 Å². The Morgan fingerprint density at radius 3 is 2.67 bits per heavy atom. The van der Waals surface area contributed by atoms with Crippen LogP contribution in [0.3, 0.4) is 0 Å². The Morgan fingerprint density at radius 2 is 2.11 bits per heavy atom. The van der Waals surface area contributed by atoms with Crippen LogP contribution in [-0.4, -0.2) is 41.3 Å². The van der Waals surface area contributed by atoms with E-state index < -0.39 is 0 Å². The summed E-state index contributed by atoms with van der Waals surface area (Å²) >= 11 is 0. The Morgan fingerprint density at radius 1 is 1.39 bits per heavy atom. The summed E-state index contributed by atoms with van der Waals surface area (Å²) in [6.45, 7) is 8.18. The number of rotatable bonds is 7. The van der Waals surface area contributed by atoms with Gasteiger partial charge in [0.2, 0.25) is 0 Å². The van der Waals surface area contributed by atoms with Crippen molar-refractivity contribution >= 4 is 0 Å². The first-order valence-corrected chi connectivity index (χ1v) is 6.43. The predicted octanol–water partition coefficient (Wildman–Crippen LogP) is 1.99. The molecule has 0 aliphatic rings. The summed E-state index contributed by atoms with van der Waals surface area (Å²) in [5.74, 6) is 0.850. The molecule has 0 saturated carbocycles. The Hall–Kier alpha value is -1.13. The van der Waals surface area contributed by atoms with Crippen molar-refractivity contribution in [3.05, 3.63) is 23.5 Å². The second-order valence-corrected chi connectivity index (χ2v) is 4.78. The second-order valence-electron chi connectivity index (χ2n) is 4.78. The maximum Gasteiger partial charge on any atom is 0.122 e. The van der Waals surface area contributed by atoms with Crippen molar-refractivity contribution in [1.29, 1.82) is 0 Å². The van der Waals surface area contributed by atoms with E-state index in [4.69, 9.17) is 9.84 Å². The van der Waals surface area contributed by atoms with E-state index in [1.54, 1.807) is 7.11 Å². The van der Waals surface area contributed by atoms with Crippen molar-refractivity contribution in [1.82, 2.24) is 9.88 Å². The molecule has 1 heterocycles. The fourth-order valence-corrected chi connectivity index (χ4v) is 1.90. The minimum Gasteiger partial charge on any atom is -0.497 e. The van der Waals surface area contributed by atoms with E-state index in [0.717, 1.165) is 36.6 Å². The number of methoxy groups -OCH3 is 1. The van der Waals surface area contributed by atoms with Crippen molar-refractivity contribution < 1.29 is 9.84 Å². The van der Waals surface area contributed by atoms with Crippen LogP contribution in [0.2, 0.25) is 0 Å². The number of hydrogen-bond donors (Lipinski definition) is 1. The second kappa shape index (κ2) is 7.34. The first-order valence-electron chi connectivity index (χ1n) is 6.43. The minimum absolute atomic E-state index is 0.230. The van der Waals surface area contributed by atoms with E-state index in [2.05, 4.69) is 23.7 Å². The highest BCUT2D eigenvalue weighted by molar-refractivity contribution is 5.26. The highest BCUT2D eigenvalue weighted by Crippen LogP contribution is 2.15. The number of hydrogen-bond acceptors (Lipinski definition) is 4. The predicted molar refractivity (Wildman–Crippen MR) is 72.8 cm³/mol. The number of aryl methyl sites for hydroxylation is 1. The number of aliphatic hydroxyl groups is 1. The van der Waals surface area contributed by atoms with Crippen LogP contribution in [0.15, 0.2) is 12.1 Å². The summed E-state index contributed by atoms with van der Waals surface area (Å²) in [6, 6.07) is 4.34. The van der Waals surface area contributed by atoms with Crippen LogP contribution in [0.25, 0.3) is 0 Å². The van der Waals surface area contributed by atoms with Crippen LogP contribution in [-0.2, 0) is 6.54 Å². The Labute approximate surface area is 110 Å². The van der Waals surface area contributed by atoms with Crippen molar-refractivity contribution in [3.63, 3.8) is 0 Å². The van der Waals surface area contributed by atoms with Gasteiger partial charge in [0.15, 0.2) is 0 Å². The highest BCUT2D eigenvalue weighted by Gasteiger charge is 2.11. The largest absolute Gasteiger partial charge is 0.497 e. The molecular weight excluding hydrogens is 228 g/mol. The number of ether oxygens (including phenoxy) is 1. The van der Waals surface area contributed by atoms with Gasteiger partial charge in [-0.25, -0.2) is 0 Å². The molecule has 0 aliphatic heterocycles. The van der Waals surface area contributed by atoms with Crippen molar-refractivity contribution in [3.8, 4) is 5.75 Å². The van der Waals surface area contributed by atoms with Crippen molar-refractivity contribution in [2.75, 3.05) is 20.3 Å². The first kappa shape index (κ1) is 14.9. The van der Waals surface area contributed by atoms with Gasteiger partial charge in [-0.1, -0.05) is 0 Å². The molecule has 1 rings (SSSR count). The Kier molecular flexibility index (Phi) is 6.09. The summed E-state index contributed by atoms with van der Waals surface area (Å²) in [6.07, 6.45) is 0.793. The third-order valence-electron chi connectivity index (χ3n) is 2.91. The summed E-state index contributed by atoms with van der Waals surface area (Å²) < 4.78 is 5.26. The maximum absolute atomic E-state index is 8.93. The fourth-order valence-electron chi connectivity index (χ4n) is 1.90. The molecule has 0 unspecified atom stereocenters. The molecule has 4 heteroatoms. The van der Waals surface area contributed by atoms with Crippen LogP contribution in [0.4, 0.5) is 0 Å². The van der Waals surface area contributed by atoms with Crippen LogP contribution in [0, 0.1) is 6.92 Å². The normalized spacial score (nSPS) is 11.3. The number of aromatic nitrogens is 1. The van der Waals surface area contributed by atoms with Gasteiger partial charge in [0, 0.05) is 43.6 Å². The highest BCUT2D eigenvalue weighted by atomic mass is 16.5. The van der Waals surface area contributed by atoms with E-state index in [1.807, 2.05) is 19.1 Å². The van der Waals surface area contributed by atoms with E-state index in [0.29, 0.717) is 6.04 Å². The monoisotopic (exact) mass is 252 g/mol. The number of pyridine rings is 1. The van der Waals surface area contributed by atoms with Crippen LogP contribution >= 0.6 is 0 Å². The summed E-state index contributed by atoms with van der Waals surface area (Å²) in [4.78, 5) is 6.83. The molecule has 0 aliphatic carbocycles. The van der Waals surface area contributed by atoms with Gasteiger partial charge in [0.1, 0.15) is 5.75 Å². The van der Waals surface area contributed by atoms with Gasteiger partial charge in [0.25, 0.3) is 0 Å². The van der Waals surface area contributed by atoms with Gasteiger partial charge in [-0.2, -0.15) is 0 Å². The lowest BCUT2D eigenvalue weighted by molar-refractivity contribution is 0.183. The average molecular weight is 252 g/mol. The molecule has 0 amide bonds. The quantitative estimate of drug-likeness (QED) is 0.806. The smallest absolute Gasteiger partial charge is 0.122 e. The van der Waals surface area contributed by atoms with Gasteiger partial charge >= 0.3 is 0 Å². The summed E-state index contributed by atoms with van der Waals surface area (Å²) in [7, 11) is 1.67. The Balaban J connectivity index is 2.76. The molecule has 0 bridgehead atoms. The third-order valence-corrected chi connectivity index (χ3v) is 2.91. The minimum atomic E-state index is 0.230. The molecule has 0 saturated heterocycles. The molecule has 0 spiro atoms. The van der Waals surface area contributed by atoms with E-state index in [1.165, 1.54) is 0 Å². The zero-order valence-corrected chi connectivity index (χ0v) is 11.8. The van der Waals surface area contributed by atoms with Gasteiger partial charge in [-0.15, -0.1) is 0 Å². The van der Waals surface area contributed by atoms with Crippen LogP contribution < -0.4 is 4.74 Å². The van der Waals surface area contributed by atoms with E-state index in [9.17, 15) is 0 Å². The lowest BCUT2D eigenvalue weighted by atomic mass is 10.2. The average Bonchev–Trinajstić information content (AvgIpc) is 2.33. The lowest BCUT2D eigenvalue weighted by Gasteiger charge is -2.26.